The molecule has 1 aliphatic heterocycles. The fourth-order valence-corrected chi connectivity index (χ4v) is 1.31. The molecule has 0 bridgehead atoms. The monoisotopic (exact) mass is 207 g/mol. The van der Waals surface area contributed by atoms with E-state index < -0.39 is 37.3 Å². The molecular formula is C7H13NO6. The minimum atomic E-state index is -1.46. The van der Waals surface area contributed by atoms with E-state index in [4.69, 9.17) is 9.84 Å². The summed E-state index contributed by atoms with van der Waals surface area (Å²) < 4.78 is 4.92. The lowest BCUT2D eigenvalue weighted by molar-refractivity contribution is -0.234. The molecule has 1 aliphatic rings. The van der Waals surface area contributed by atoms with Crippen LogP contribution < -0.4 is 5.32 Å². The second-order valence-electron chi connectivity index (χ2n) is 3.03. The number of aliphatic hydroxyl groups excluding tert-OH is 4. The van der Waals surface area contributed by atoms with Crippen LogP contribution in [0.1, 0.15) is 0 Å². The van der Waals surface area contributed by atoms with Crippen molar-refractivity contribution in [3.8, 4) is 0 Å². The van der Waals surface area contributed by atoms with E-state index in [0.717, 1.165) is 0 Å². The Balaban J connectivity index is 2.67. The first kappa shape index (κ1) is 11.3. The lowest BCUT2D eigenvalue weighted by atomic mass is 9.98. The largest absolute Gasteiger partial charge is 0.394 e. The van der Waals surface area contributed by atoms with Crippen molar-refractivity contribution < 1.29 is 30.0 Å². The van der Waals surface area contributed by atoms with Crippen molar-refractivity contribution in [2.75, 3.05) is 6.61 Å². The minimum absolute atomic E-state index is 0.298. The van der Waals surface area contributed by atoms with Gasteiger partial charge in [0.25, 0.3) is 0 Å². The van der Waals surface area contributed by atoms with Gasteiger partial charge in [-0.15, -0.1) is 0 Å². The van der Waals surface area contributed by atoms with Crippen LogP contribution in [0.5, 0.6) is 0 Å². The summed E-state index contributed by atoms with van der Waals surface area (Å²) in [5.74, 6) is 0. The molecule has 1 amide bonds. The summed E-state index contributed by atoms with van der Waals surface area (Å²) >= 11 is 0. The van der Waals surface area contributed by atoms with Crippen LogP contribution in [0.25, 0.3) is 0 Å². The number of hydrogen-bond acceptors (Lipinski definition) is 6. The van der Waals surface area contributed by atoms with Crippen LogP contribution >= 0.6 is 0 Å². The van der Waals surface area contributed by atoms with Crippen LogP contribution in [0.3, 0.4) is 0 Å². The van der Waals surface area contributed by atoms with Crippen LogP contribution in [0.4, 0.5) is 0 Å². The molecule has 0 aromatic heterocycles. The summed E-state index contributed by atoms with van der Waals surface area (Å²) in [7, 11) is 0. The summed E-state index contributed by atoms with van der Waals surface area (Å²) in [6, 6.07) is 0. The van der Waals surface area contributed by atoms with Crippen LogP contribution in [-0.2, 0) is 9.53 Å². The number of carbonyl (C=O) groups excluding carboxylic acids is 1. The highest BCUT2D eigenvalue weighted by Crippen LogP contribution is 2.19. The number of amides is 1. The molecule has 0 radical (unpaired) electrons. The molecule has 1 rings (SSSR count). The number of aliphatic hydroxyl groups is 4. The lowest BCUT2D eigenvalue weighted by Crippen LogP contribution is -2.62. The van der Waals surface area contributed by atoms with Crippen molar-refractivity contribution in [2.45, 2.75) is 30.6 Å². The maximum atomic E-state index is 10.1. The lowest BCUT2D eigenvalue weighted by Gasteiger charge is -2.39. The molecule has 1 saturated heterocycles. The predicted octanol–water partition coefficient (Wildman–Crippen LogP) is -3.47. The van der Waals surface area contributed by atoms with Gasteiger partial charge in [-0.2, -0.15) is 0 Å². The van der Waals surface area contributed by atoms with E-state index in [9.17, 15) is 20.1 Å². The average Bonchev–Trinajstić information content (AvgIpc) is 2.19. The quantitative estimate of drug-likeness (QED) is 0.307. The molecule has 0 spiro atoms. The van der Waals surface area contributed by atoms with Gasteiger partial charge in [0, 0.05) is 0 Å². The number of carbonyl (C=O) groups is 1. The van der Waals surface area contributed by atoms with Crippen molar-refractivity contribution in [1.82, 2.24) is 5.32 Å². The van der Waals surface area contributed by atoms with Crippen molar-refractivity contribution in [3.63, 3.8) is 0 Å². The molecule has 0 aliphatic carbocycles. The summed E-state index contributed by atoms with van der Waals surface area (Å²) in [6.45, 7) is -0.512. The van der Waals surface area contributed by atoms with E-state index in [-0.39, 0.29) is 0 Å². The molecule has 1 heterocycles. The van der Waals surface area contributed by atoms with Crippen LogP contribution in [-0.4, -0.2) is 64.1 Å². The number of nitrogens with one attached hydrogen (secondary N) is 1. The van der Waals surface area contributed by atoms with E-state index in [1.54, 1.807) is 0 Å². The fraction of sp³-hybridized carbons (Fsp3) is 0.857. The third kappa shape index (κ3) is 2.02. The zero-order valence-electron chi connectivity index (χ0n) is 7.28. The molecule has 0 saturated carbocycles. The van der Waals surface area contributed by atoms with E-state index >= 15 is 0 Å². The molecule has 5 N–H and O–H groups in total. The Labute approximate surface area is 79.9 Å². The first-order chi connectivity index (χ1) is 6.61. The van der Waals surface area contributed by atoms with E-state index in [0.29, 0.717) is 6.41 Å². The Bertz CT molecular complexity index is 199. The molecule has 0 aromatic carbocycles. The number of rotatable bonds is 3. The van der Waals surface area contributed by atoms with Crippen LogP contribution in [0, 0.1) is 0 Å². The Hall–Kier alpha value is -0.730. The summed E-state index contributed by atoms with van der Waals surface area (Å²) in [5, 5.41) is 38.8. The molecule has 5 atom stereocenters. The van der Waals surface area contributed by atoms with Gasteiger partial charge < -0.3 is 30.5 Å². The van der Waals surface area contributed by atoms with E-state index in [1.165, 1.54) is 0 Å². The summed E-state index contributed by atoms with van der Waals surface area (Å²) in [4.78, 5) is 10.1. The second-order valence-corrected chi connectivity index (χ2v) is 3.03. The van der Waals surface area contributed by atoms with Crippen molar-refractivity contribution in [1.29, 1.82) is 0 Å². The van der Waals surface area contributed by atoms with E-state index in [2.05, 4.69) is 5.32 Å². The maximum Gasteiger partial charge on any atom is 0.209 e. The van der Waals surface area contributed by atoms with Crippen molar-refractivity contribution >= 4 is 6.41 Å². The molecule has 7 nitrogen and oxygen atoms in total. The third-order valence-electron chi connectivity index (χ3n) is 2.12. The highest BCUT2D eigenvalue weighted by Gasteiger charge is 2.43. The molecule has 1 unspecified atom stereocenters. The predicted molar refractivity (Wildman–Crippen MR) is 43.0 cm³/mol. The SMILES string of the molecule is O=CNC1O[C@H](CO)[C@H](O)[C@H](O)[C@H]1O. The van der Waals surface area contributed by atoms with Gasteiger partial charge in [-0.25, -0.2) is 0 Å². The summed E-state index contributed by atoms with van der Waals surface area (Å²) in [5.41, 5.74) is 0. The maximum absolute atomic E-state index is 10.1. The smallest absolute Gasteiger partial charge is 0.209 e. The van der Waals surface area contributed by atoms with Gasteiger partial charge in [-0.1, -0.05) is 0 Å². The Morgan fingerprint density at radius 3 is 2.36 bits per heavy atom. The Morgan fingerprint density at radius 1 is 1.21 bits per heavy atom. The van der Waals surface area contributed by atoms with Gasteiger partial charge in [0.05, 0.1) is 6.61 Å². The topological polar surface area (TPSA) is 119 Å². The highest BCUT2D eigenvalue weighted by atomic mass is 16.6. The minimum Gasteiger partial charge on any atom is -0.394 e. The van der Waals surface area contributed by atoms with Crippen molar-refractivity contribution in [3.05, 3.63) is 0 Å². The number of ether oxygens (including phenoxy) is 1. The molecule has 82 valence electrons. The standard InChI is InChI=1S/C7H13NO6/c9-1-3-4(11)5(12)6(13)7(14-3)8-2-10/h2-7,9,11-13H,1H2,(H,8,10)/t3-,4+,5+,6-,7?/m1/s1. The summed E-state index contributed by atoms with van der Waals surface area (Å²) in [6.07, 6.45) is -6.10. The molecule has 14 heavy (non-hydrogen) atoms. The van der Waals surface area contributed by atoms with Gasteiger partial charge in [-0.05, 0) is 0 Å². The zero-order valence-corrected chi connectivity index (χ0v) is 7.28. The van der Waals surface area contributed by atoms with E-state index in [1.807, 2.05) is 0 Å². The molecule has 7 heteroatoms. The zero-order chi connectivity index (χ0) is 10.7. The van der Waals surface area contributed by atoms with Crippen LogP contribution in [0.15, 0.2) is 0 Å². The van der Waals surface area contributed by atoms with Crippen LogP contribution in [0.2, 0.25) is 0 Å². The van der Waals surface area contributed by atoms with Gasteiger partial charge in [0.2, 0.25) is 6.41 Å². The fourth-order valence-electron chi connectivity index (χ4n) is 1.31. The Kier molecular flexibility index (Phi) is 3.78. The van der Waals surface area contributed by atoms with Crippen molar-refractivity contribution in [2.24, 2.45) is 0 Å². The normalized spacial score (nSPS) is 43.3. The first-order valence-electron chi connectivity index (χ1n) is 4.12. The first-order valence-corrected chi connectivity index (χ1v) is 4.12. The van der Waals surface area contributed by atoms with Gasteiger partial charge in [0.15, 0.2) is 6.23 Å². The third-order valence-corrected chi connectivity index (χ3v) is 2.12. The average molecular weight is 207 g/mol. The molecular weight excluding hydrogens is 194 g/mol. The molecule has 0 aromatic rings. The molecule has 1 fully saturated rings. The van der Waals surface area contributed by atoms with Gasteiger partial charge >= 0.3 is 0 Å². The number of hydrogen-bond donors (Lipinski definition) is 5. The van der Waals surface area contributed by atoms with Gasteiger partial charge in [-0.3, -0.25) is 4.79 Å². The Morgan fingerprint density at radius 2 is 1.86 bits per heavy atom. The highest BCUT2D eigenvalue weighted by molar-refractivity contribution is 5.46. The van der Waals surface area contributed by atoms with Gasteiger partial charge in [0.1, 0.15) is 24.4 Å². The second kappa shape index (κ2) is 4.67.